The van der Waals surface area contributed by atoms with Gasteiger partial charge in [0.25, 0.3) is 0 Å². The van der Waals surface area contributed by atoms with Crippen LogP contribution in [-0.4, -0.2) is 56.9 Å². The van der Waals surface area contributed by atoms with Gasteiger partial charge < -0.3 is 23.7 Å². The third-order valence-corrected chi connectivity index (χ3v) is 5.56. The van der Waals surface area contributed by atoms with E-state index in [4.69, 9.17) is 23.7 Å². The van der Waals surface area contributed by atoms with Crippen LogP contribution in [-0.2, 0) is 33.3 Å². The van der Waals surface area contributed by atoms with Gasteiger partial charge in [0.2, 0.25) is 5.79 Å². The third-order valence-electron chi connectivity index (χ3n) is 5.56. The van der Waals surface area contributed by atoms with E-state index in [2.05, 4.69) is 6.58 Å². The van der Waals surface area contributed by atoms with E-state index in [1.807, 2.05) is 26.0 Å². The highest BCUT2D eigenvalue weighted by Crippen LogP contribution is 2.45. The van der Waals surface area contributed by atoms with E-state index in [1.165, 1.54) is 7.11 Å². The van der Waals surface area contributed by atoms with Crippen LogP contribution in [0.3, 0.4) is 0 Å². The lowest BCUT2D eigenvalue weighted by Gasteiger charge is -2.32. The van der Waals surface area contributed by atoms with Gasteiger partial charge in [0.15, 0.2) is 0 Å². The van der Waals surface area contributed by atoms with Crippen LogP contribution in [0.15, 0.2) is 35.5 Å². The summed E-state index contributed by atoms with van der Waals surface area (Å²) in [4.78, 5) is 25.0. The lowest BCUT2D eigenvalue weighted by molar-refractivity contribution is -0.189. The Bertz CT molecular complexity index is 737. The molecule has 3 rings (SSSR count). The molecule has 3 aliphatic rings. The van der Waals surface area contributed by atoms with Crippen LogP contribution >= 0.6 is 0 Å². The second kappa shape index (κ2) is 7.81. The van der Waals surface area contributed by atoms with Gasteiger partial charge in [0.05, 0.1) is 18.4 Å². The summed E-state index contributed by atoms with van der Waals surface area (Å²) < 4.78 is 28.7. The van der Waals surface area contributed by atoms with Gasteiger partial charge in [-0.15, -0.1) is 0 Å². The third kappa shape index (κ3) is 3.66. The Balaban J connectivity index is 2.07. The number of rotatable bonds is 5. The van der Waals surface area contributed by atoms with Crippen LogP contribution in [0.25, 0.3) is 0 Å². The first-order valence-electron chi connectivity index (χ1n) is 9.38. The van der Waals surface area contributed by atoms with Crippen molar-refractivity contribution < 1.29 is 33.3 Å². The van der Waals surface area contributed by atoms with E-state index in [1.54, 1.807) is 14.0 Å². The average Bonchev–Trinajstić information content (AvgIpc) is 3.12. The number of hydrogen-bond donors (Lipinski definition) is 0. The van der Waals surface area contributed by atoms with Gasteiger partial charge in [0.1, 0.15) is 18.3 Å². The normalized spacial score (nSPS) is 38.9. The molecule has 0 amide bonds. The number of carbonyl (C=O) groups excluding carboxylic acids is 2. The van der Waals surface area contributed by atoms with Crippen molar-refractivity contribution in [2.45, 2.75) is 51.3 Å². The molecule has 0 aromatic carbocycles. The van der Waals surface area contributed by atoms with Crippen molar-refractivity contribution in [3.8, 4) is 0 Å². The summed E-state index contributed by atoms with van der Waals surface area (Å²) in [6.45, 7) is 9.27. The summed E-state index contributed by atoms with van der Waals surface area (Å²) in [5.41, 5.74) is 2.12. The SMILES string of the molecule is C=C(C)C(=O)O[C@H]1C/C(C)=C\[C@@]2(OC)C=C(C)[C@@H](O2)[C@H]2OC(=O)[C@@H](COC)[C@@H]21. The minimum atomic E-state index is -1.03. The molecule has 28 heavy (non-hydrogen) atoms. The van der Waals surface area contributed by atoms with Crippen molar-refractivity contribution in [2.24, 2.45) is 11.8 Å². The second-order valence-corrected chi connectivity index (χ2v) is 7.81. The highest BCUT2D eigenvalue weighted by molar-refractivity contribution is 5.87. The van der Waals surface area contributed by atoms with Crippen LogP contribution in [0.4, 0.5) is 0 Å². The Morgan fingerprint density at radius 1 is 1.32 bits per heavy atom. The fourth-order valence-electron chi connectivity index (χ4n) is 4.29. The number of methoxy groups -OCH3 is 2. The molecular formula is C21H28O7. The van der Waals surface area contributed by atoms with Crippen LogP contribution in [0.2, 0.25) is 0 Å². The monoisotopic (exact) mass is 392 g/mol. The number of carbonyl (C=O) groups is 2. The zero-order chi connectivity index (χ0) is 20.6. The smallest absolute Gasteiger partial charge is 0.333 e. The molecule has 0 N–H and O–H groups in total. The van der Waals surface area contributed by atoms with Gasteiger partial charge in [0, 0.05) is 26.2 Å². The highest BCUT2D eigenvalue weighted by atomic mass is 16.7. The first-order chi connectivity index (χ1) is 13.2. The van der Waals surface area contributed by atoms with E-state index in [0.29, 0.717) is 12.0 Å². The lowest BCUT2D eigenvalue weighted by atomic mass is 9.80. The van der Waals surface area contributed by atoms with E-state index < -0.39 is 41.9 Å². The number of fused-ring (bicyclic) bond motifs is 4. The first kappa shape index (κ1) is 20.8. The fraction of sp³-hybridized carbons (Fsp3) is 0.619. The van der Waals surface area contributed by atoms with Crippen molar-refractivity contribution in [1.29, 1.82) is 0 Å². The van der Waals surface area contributed by atoms with Crippen LogP contribution in [0.5, 0.6) is 0 Å². The standard InChI is InChI=1S/C21H28O7/c1-11(2)19(22)26-15-7-12(3)8-21(25-6)9-13(4)17(28-21)18-16(15)14(10-24-5)20(23)27-18/h8-9,14-18H,1,7,10H2,2-6H3/b12-8-/t14-,15-,16+,17+,18-,21-/m0/s1. The van der Waals surface area contributed by atoms with Crippen molar-refractivity contribution in [1.82, 2.24) is 0 Å². The van der Waals surface area contributed by atoms with Crippen LogP contribution in [0.1, 0.15) is 27.2 Å². The molecule has 6 atom stereocenters. The van der Waals surface area contributed by atoms with E-state index in [9.17, 15) is 9.59 Å². The number of hydrogen-bond acceptors (Lipinski definition) is 7. The van der Waals surface area contributed by atoms with E-state index >= 15 is 0 Å². The van der Waals surface area contributed by atoms with Crippen LogP contribution in [0, 0.1) is 11.8 Å². The molecule has 0 unspecified atom stereocenters. The fourth-order valence-corrected chi connectivity index (χ4v) is 4.29. The lowest BCUT2D eigenvalue weighted by Crippen LogP contribution is -2.44. The van der Waals surface area contributed by atoms with Crippen molar-refractivity contribution in [2.75, 3.05) is 20.8 Å². The maximum atomic E-state index is 12.6. The van der Waals surface area contributed by atoms with Gasteiger partial charge in [-0.1, -0.05) is 12.2 Å². The summed E-state index contributed by atoms with van der Waals surface area (Å²) in [6, 6.07) is 0. The molecule has 7 nitrogen and oxygen atoms in total. The Labute approximate surface area is 165 Å². The molecule has 3 heterocycles. The predicted octanol–water partition coefficient (Wildman–Crippen LogP) is 2.32. The first-order valence-corrected chi connectivity index (χ1v) is 9.38. The Kier molecular flexibility index (Phi) is 5.79. The molecule has 0 radical (unpaired) electrons. The topological polar surface area (TPSA) is 80.3 Å². The molecule has 0 aromatic rings. The Hall–Kier alpha value is -1.96. The maximum absolute atomic E-state index is 12.6. The molecule has 1 fully saturated rings. The summed E-state index contributed by atoms with van der Waals surface area (Å²) in [5.74, 6) is -2.87. The second-order valence-electron chi connectivity index (χ2n) is 7.81. The summed E-state index contributed by atoms with van der Waals surface area (Å²) in [5, 5.41) is 0. The largest absolute Gasteiger partial charge is 0.458 e. The predicted molar refractivity (Wildman–Crippen MR) is 100 cm³/mol. The zero-order valence-electron chi connectivity index (χ0n) is 17.0. The summed E-state index contributed by atoms with van der Waals surface area (Å²) in [6.07, 6.45) is 2.52. The minimum absolute atomic E-state index is 0.175. The molecule has 0 saturated carbocycles. The molecule has 0 spiro atoms. The van der Waals surface area contributed by atoms with Gasteiger partial charge in [-0.3, -0.25) is 4.79 Å². The summed E-state index contributed by atoms with van der Waals surface area (Å²) in [7, 11) is 3.10. The van der Waals surface area contributed by atoms with E-state index in [-0.39, 0.29) is 12.6 Å². The number of ether oxygens (including phenoxy) is 5. The van der Waals surface area contributed by atoms with E-state index in [0.717, 1.165) is 11.1 Å². The molecule has 154 valence electrons. The van der Waals surface area contributed by atoms with Crippen molar-refractivity contribution in [3.63, 3.8) is 0 Å². The molecule has 1 saturated heterocycles. The Morgan fingerprint density at radius 3 is 2.64 bits per heavy atom. The quantitative estimate of drug-likeness (QED) is 0.403. The van der Waals surface area contributed by atoms with Gasteiger partial charge in [-0.25, -0.2) is 4.79 Å². The maximum Gasteiger partial charge on any atom is 0.333 e. The molecule has 2 bridgehead atoms. The molecule has 0 aliphatic carbocycles. The molecule has 0 aromatic heterocycles. The molecule has 3 aliphatic heterocycles. The molecular weight excluding hydrogens is 364 g/mol. The van der Waals surface area contributed by atoms with Gasteiger partial charge in [-0.05, 0) is 38.5 Å². The zero-order valence-corrected chi connectivity index (χ0v) is 17.0. The molecule has 7 heteroatoms. The van der Waals surface area contributed by atoms with Crippen LogP contribution < -0.4 is 0 Å². The van der Waals surface area contributed by atoms with Crippen molar-refractivity contribution in [3.05, 3.63) is 35.5 Å². The van der Waals surface area contributed by atoms with Gasteiger partial charge >= 0.3 is 11.9 Å². The minimum Gasteiger partial charge on any atom is -0.458 e. The number of esters is 2. The average molecular weight is 392 g/mol. The summed E-state index contributed by atoms with van der Waals surface area (Å²) >= 11 is 0. The van der Waals surface area contributed by atoms with Crippen molar-refractivity contribution >= 4 is 11.9 Å². The Morgan fingerprint density at radius 2 is 2.04 bits per heavy atom. The van der Waals surface area contributed by atoms with Gasteiger partial charge in [-0.2, -0.15) is 0 Å². The highest BCUT2D eigenvalue weighted by Gasteiger charge is 2.56.